The number of benzene rings is 2. The van der Waals surface area contributed by atoms with Crippen molar-refractivity contribution >= 4 is 29.4 Å². The topological polar surface area (TPSA) is 99.8 Å². The highest BCUT2D eigenvalue weighted by Crippen LogP contribution is 2.32. The molecule has 168 valence electrons. The first kappa shape index (κ1) is 22.9. The van der Waals surface area contributed by atoms with E-state index in [1.54, 1.807) is 36.1 Å². The Balaban J connectivity index is 1.87. The molecule has 0 fully saturated rings. The smallest absolute Gasteiger partial charge is 0.337 e. The fraction of sp³-hybridized carbons (Fsp3) is 0.292. The summed E-state index contributed by atoms with van der Waals surface area (Å²) < 4.78 is 4.99. The van der Waals surface area contributed by atoms with Crippen molar-refractivity contribution in [2.45, 2.75) is 33.2 Å². The van der Waals surface area contributed by atoms with Crippen LogP contribution >= 0.6 is 0 Å². The zero-order valence-electron chi connectivity index (χ0n) is 18.7. The molecule has 0 radical (unpaired) electrons. The molecule has 32 heavy (non-hydrogen) atoms. The molecule has 0 aromatic heterocycles. The third-order valence-corrected chi connectivity index (χ3v) is 5.32. The van der Waals surface area contributed by atoms with E-state index in [1.807, 2.05) is 38.1 Å². The molecule has 0 saturated carbocycles. The van der Waals surface area contributed by atoms with E-state index >= 15 is 0 Å². The molecule has 4 amide bonds. The van der Waals surface area contributed by atoms with E-state index in [4.69, 9.17) is 4.74 Å². The molecule has 2 aromatic rings. The van der Waals surface area contributed by atoms with E-state index in [1.165, 1.54) is 7.11 Å². The van der Waals surface area contributed by atoms with Gasteiger partial charge in [0.1, 0.15) is 0 Å². The molecule has 1 aliphatic rings. The van der Waals surface area contributed by atoms with Crippen LogP contribution in [-0.2, 0) is 9.53 Å². The number of nitrogens with zero attached hydrogens (tertiary/aromatic N) is 1. The standard InChI is InChI=1S/C24H28N4O4/c1-5-13-28-16(3)20(22(29)32-4)21(27-24(28)31)17-10-8-11-18(14-17)25-23(30)26-19-12-7-6-9-15(19)2/h6-12,14,21H,5,13H2,1-4H3,(H,27,31)(H2,25,26,30). The number of nitrogens with one attached hydrogen (secondary N) is 3. The summed E-state index contributed by atoms with van der Waals surface area (Å²) in [5.74, 6) is -0.510. The monoisotopic (exact) mass is 436 g/mol. The SMILES string of the molecule is CCCN1C(=O)NC(c2cccc(NC(=O)Nc3ccccc3C)c2)C(C(=O)OC)=C1C. The molecule has 1 aliphatic heterocycles. The Morgan fingerprint density at radius 3 is 2.53 bits per heavy atom. The van der Waals surface area contributed by atoms with Crippen LogP contribution in [0, 0.1) is 6.92 Å². The number of rotatable bonds is 6. The van der Waals surface area contributed by atoms with Gasteiger partial charge >= 0.3 is 18.0 Å². The molecule has 0 saturated heterocycles. The predicted octanol–water partition coefficient (Wildman–Crippen LogP) is 4.56. The van der Waals surface area contributed by atoms with Crippen molar-refractivity contribution in [2.24, 2.45) is 0 Å². The number of hydrogen-bond donors (Lipinski definition) is 3. The van der Waals surface area contributed by atoms with Gasteiger partial charge in [-0.25, -0.2) is 14.4 Å². The van der Waals surface area contributed by atoms with Crippen LogP contribution in [0.3, 0.4) is 0 Å². The number of allylic oxidation sites excluding steroid dienone is 1. The van der Waals surface area contributed by atoms with Crippen molar-refractivity contribution in [3.63, 3.8) is 0 Å². The molecule has 1 unspecified atom stereocenters. The molecule has 8 heteroatoms. The summed E-state index contributed by atoms with van der Waals surface area (Å²) in [7, 11) is 1.31. The van der Waals surface area contributed by atoms with Gasteiger partial charge in [0, 0.05) is 23.6 Å². The second-order valence-electron chi connectivity index (χ2n) is 7.54. The number of carbonyl (C=O) groups excluding carboxylic acids is 3. The highest BCUT2D eigenvalue weighted by molar-refractivity contribution is 6.00. The lowest BCUT2D eigenvalue weighted by Crippen LogP contribution is -2.48. The summed E-state index contributed by atoms with van der Waals surface area (Å²) in [5, 5.41) is 8.51. The molecule has 2 aromatic carbocycles. The van der Waals surface area contributed by atoms with Crippen LogP contribution in [-0.4, -0.2) is 36.6 Å². The highest BCUT2D eigenvalue weighted by Gasteiger charge is 2.36. The van der Waals surface area contributed by atoms with E-state index in [0.717, 1.165) is 12.0 Å². The molecule has 1 heterocycles. The van der Waals surface area contributed by atoms with Crippen molar-refractivity contribution in [3.05, 3.63) is 70.9 Å². The Hall–Kier alpha value is -3.81. The Morgan fingerprint density at radius 2 is 1.84 bits per heavy atom. The largest absolute Gasteiger partial charge is 0.466 e. The second-order valence-corrected chi connectivity index (χ2v) is 7.54. The molecule has 3 rings (SSSR count). The van der Waals surface area contributed by atoms with Gasteiger partial charge in [0.05, 0.1) is 18.7 Å². The van der Waals surface area contributed by atoms with Crippen molar-refractivity contribution in [1.82, 2.24) is 10.2 Å². The number of carbonyl (C=O) groups is 3. The lowest BCUT2D eigenvalue weighted by molar-refractivity contribution is -0.136. The number of methoxy groups -OCH3 is 1. The fourth-order valence-electron chi connectivity index (χ4n) is 3.69. The maximum Gasteiger partial charge on any atom is 0.337 e. The fourth-order valence-corrected chi connectivity index (χ4v) is 3.69. The number of urea groups is 2. The van der Waals surface area contributed by atoms with E-state index in [0.29, 0.717) is 34.8 Å². The lowest BCUT2D eigenvalue weighted by atomic mass is 9.94. The number of hydrogen-bond acceptors (Lipinski definition) is 4. The molecule has 1 atom stereocenters. The summed E-state index contributed by atoms with van der Waals surface area (Å²) >= 11 is 0. The van der Waals surface area contributed by atoms with Gasteiger partial charge in [-0.3, -0.25) is 4.90 Å². The molecular weight excluding hydrogens is 408 g/mol. The quantitative estimate of drug-likeness (QED) is 0.578. The van der Waals surface area contributed by atoms with Gasteiger partial charge < -0.3 is 20.7 Å². The summed E-state index contributed by atoms with van der Waals surface area (Å²) in [4.78, 5) is 39.3. The van der Waals surface area contributed by atoms with E-state index in [9.17, 15) is 14.4 Å². The van der Waals surface area contributed by atoms with Crippen LogP contribution in [0.4, 0.5) is 21.0 Å². The minimum Gasteiger partial charge on any atom is -0.466 e. The predicted molar refractivity (Wildman–Crippen MR) is 123 cm³/mol. The highest BCUT2D eigenvalue weighted by atomic mass is 16.5. The zero-order valence-corrected chi connectivity index (χ0v) is 18.7. The zero-order chi connectivity index (χ0) is 23.3. The number of anilines is 2. The lowest BCUT2D eigenvalue weighted by Gasteiger charge is -2.35. The van der Waals surface area contributed by atoms with Crippen molar-refractivity contribution < 1.29 is 19.1 Å². The van der Waals surface area contributed by atoms with Gasteiger partial charge in [-0.2, -0.15) is 0 Å². The summed E-state index contributed by atoms with van der Waals surface area (Å²) in [6, 6.07) is 13.1. The summed E-state index contributed by atoms with van der Waals surface area (Å²) in [5.41, 5.74) is 3.76. The minimum absolute atomic E-state index is 0.280. The molecule has 3 N–H and O–H groups in total. The van der Waals surface area contributed by atoms with E-state index in [-0.39, 0.29) is 6.03 Å². The first-order chi connectivity index (χ1) is 15.3. The first-order valence-electron chi connectivity index (χ1n) is 10.5. The maximum atomic E-state index is 12.7. The third kappa shape index (κ3) is 4.91. The van der Waals surface area contributed by atoms with Crippen LogP contribution in [0.2, 0.25) is 0 Å². The average Bonchev–Trinajstić information content (AvgIpc) is 2.77. The number of amides is 4. The molecule has 0 bridgehead atoms. The molecule has 0 aliphatic carbocycles. The van der Waals surface area contributed by atoms with Gasteiger partial charge in [-0.15, -0.1) is 0 Å². The normalized spacial score (nSPS) is 15.8. The van der Waals surface area contributed by atoms with Crippen LogP contribution in [0.1, 0.15) is 37.4 Å². The van der Waals surface area contributed by atoms with Gasteiger partial charge in [-0.05, 0) is 49.6 Å². The average molecular weight is 437 g/mol. The number of ether oxygens (including phenoxy) is 1. The number of esters is 1. The van der Waals surface area contributed by atoms with Crippen LogP contribution < -0.4 is 16.0 Å². The summed E-state index contributed by atoms with van der Waals surface area (Å²) in [6.07, 6.45) is 0.749. The maximum absolute atomic E-state index is 12.7. The van der Waals surface area contributed by atoms with Crippen molar-refractivity contribution in [1.29, 1.82) is 0 Å². The number of aryl methyl sites for hydroxylation is 1. The van der Waals surface area contributed by atoms with Gasteiger partial charge in [0.25, 0.3) is 0 Å². The number of para-hydroxylation sites is 1. The van der Waals surface area contributed by atoms with Gasteiger partial charge in [0.15, 0.2) is 0 Å². The second kappa shape index (κ2) is 10.00. The van der Waals surface area contributed by atoms with Gasteiger partial charge in [0.2, 0.25) is 0 Å². The first-order valence-corrected chi connectivity index (χ1v) is 10.5. The van der Waals surface area contributed by atoms with E-state index in [2.05, 4.69) is 16.0 Å². The Morgan fingerprint density at radius 1 is 1.09 bits per heavy atom. The minimum atomic E-state index is -0.691. The van der Waals surface area contributed by atoms with Crippen molar-refractivity contribution in [3.8, 4) is 0 Å². The van der Waals surface area contributed by atoms with Gasteiger partial charge in [-0.1, -0.05) is 37.3 Å². The van der Waals surface area contributed by atoms with Crippen molar-refractivity contribution in [2.75, 3.05) is 24.3 Å². The molecule has 0 spiro atoms. The molecular formula is C24H28N4O4. The Kier molecular flexibility index (Phi) is 7.14. The summed E-state index contributed by atoms with van der Waals surface area (Å²) in [6.45, 7) is 6.10. The molecule has 8 nitrogen and oxygen atoms in total. The third-order valence-electron chi connectivity index (χ3n) is 5.32. The van der Waals surface area contributed by atoms with Crippen LogP contribution in [0.15, 0.2) is 59.8 Å². The van der Waals surface area contributed by atoms with E-state index < -0.39 is 18.0 Å². The Bertz CT molecular complexity index is 1060. The Labute approximate surface area is 187 Å². The van der Waals surface area contributed by atoms with Crippen LogP contribution in [0.25, 0.3) is 0 Å². The van der Waals surface area contributed by atoms with Crippen LogP contribution in [0.5, 0.6) is 0 Å².